The second kappa shape index (κ2) is 2.98. The zero-order chi connectivity index (χ0) is 11.3. The second-order valence-corrected chi connectivity index (χ2v) is 4.05. The summed E-state index contributed by atoms with van der Waals surface area (Å²) in [7, 11) is 0. The van der Waals surface area contributed by atoms with Crippen molar-refractivity contribution in [1.29, 1.82) is 0 Å². The normalized spacial score (nSPS) is 12.3. The van der Waals surface area contributed by atoms with Crippen molar-refractivity contribution in [2.45, 2.75) is 6.42 Å². The van der Waals surface area contributed by atoms with E-state index in [1.165, 1.54) is 11.6 Å². The molecule has 2 nitrogen and oxygen atoms in total. The quantitative estimate of drug-likeness (QED) is 0.565. The summed E-state index contributed by atoms with van der Waals surface area (Å²) in [4.78, 5) is 0. The molecule has 0 aliphatic heterocycles. The van der Waals surface area contributed by atoms with Gasteiger partial charge >= 0.3 is 0 Å². The van der Waals surface area contributed by atoms with Gasteiger partial charge in [-0.15, -0.1) is 0 Å². The molecule has 3 heteroatoms. The number of hydrogen-bond acceptors (Lipinski definition) is 2. The van der Waals surface area contributed by atoms with E-state index in [2.05, 4.69) is 0 Å². The molecule has 0 atom stereocenters. The Labute approximate surface area is 92.7 Å². The van der Waals surface area contributed by atoms with Gasteiger partial charge in [0, 0.05) is 6.42 Å². The minimum absolute atomic E-state index is 0.0616. The molecule has 0 bridgehead atoms. The fourth-order valence-electron chi connectivity index (χ4n) is 2.29. The summed E-state index contributed by atoms with van der Waals surface area (Å²) in [6.07, 6.45) is 0.738. The van der Waals surface area contributed by atoms with Gasteiger partial charge < -0.3 is 11.5 Å². The van der Waals surface area contributed by atoms with Gasteiger partial charge in [0.2, 0.25) is 0 Å². The number of benzene rings is 2. The molecule has 0 fully saturated rings. The van der Waals surface area contributed by atoms with Gasteiger partial charge in [0.1, 0.15) is 5.82 Å². The lowest BCUT2D eigenvalue weighted by Crippen LogP contribution is -2.02. The zero-order valence-electron chi connectivity index (χ0n) is 8.63. The molecule has 16 heavy (non-hydrogen) atoms. The molecule has 0 unspecified atom stereocenters. The predicted octanol–water partition coefficient (Wildman–Crippen LogP) is 2.56. The zero-order valence-corrected chi connectivity index (χ0v) is 8.63. The van der Waals surface area contributed by atoms with Crippen LogP contribution in [0.25, 0.3) is 11.1 Å². The van der Waals surface area contributed by atoms with Crippen LogP contribution in [-0.4, -0.2) is 0 Å². The third kappa shape index (κ3) is 1.05. The van der Waals surface area contributed by atoms with Crippen molar-refractivity contribution in [1.82, 2.24) is 0 Å². The molecule has 0 heterocycles. The Balaban J connectivity index is 2.34. The number of nitrogen functional groups attached to an aromatic ring is 2. The van der Waals surface area contributed by atoms with E-state index in [-0.39, 0.29) is 5.69 Å². The first-order chi connectivity index (χ1) is 7.68. The number of hydrogen-bond donors (Lipinski definition) is 2. The highest BCUT2D eigenvalue weighted by Crippen LogP contribution is 2.42. The van der Waals surface area contributed by atoms with Crippen LogP contribution in [0.2, 0.25) is 0 Å². The average molecular weight is 214 g/mol. The Hall–Kier alpha value is -2.03. The highest BCUT2D eigenvalue weighted by atomic mass is 19.1. The summed E-state index contributed by atoms with van der Waals surface area (Å²) in [5.41, 5.74) is 15.9. The first-order valence-electron chi connectivity index (χ1n) is 5.13. The van der Waals surface area contributed by atoms with Crippen molar-refractivity contribution >= 4 is 11.4 Å². The maximum atomic E-state index is 13.5. The largest absolute Gasteiger partial charge is 0.397 e. The van der Waals surface area contributed by atoms with Gasteiger partial charge in [-0.2, -0.15) is 0 Å². The Morgan fingerprint density at radius 3 is 2.56 bits per heavy atom. The van der Waals surface area contributed by atoms with Crippen molar-refractivity contribution in [2.24, 2.45) is 0 Å². The van der Waals surface area contributed by atoms with Gasteiger partial charge in [0.05, 0.1) is 11.4 Å². The van der Waals surface area contributed by atoms with Crippen LogP contribution in [-0.2, 0) is 6.42 Å². The Morgan fingerprint density at radius 2 is 1.75 bits per heavy atom. The maximum Gasteiger partial charge on any atom is 0.148 e. The Morgan fingerprint density at radius 1 is 1.00 bits per heavy atom. The predicted molar refractivity (Wildman–Crippen MR) is 63.5 cm³/mol. The smallest absolute Gasteiger partial charge is 0.148 e. The van der Waals surface area contributed by atoms with Crippen molar-refractivity contribution in [2.75, 3.05) is 11.5 Å². The minimum Gasteiger partial charge on any atom is -0.397 e. The standard InChI is InChI=1S/C13H11FN2/c14-11-6-9-8-4-2-1-3-7(8)5-10(9)12(15)13(11)16/h1-4,6H,5,15-16H2. The lowest BCUT2D eigenvalue weighted by atomic mass is 10.0. The first kappa shape index (κ1) is 9.21. The van der Waals surface area contributed by atoms with E-state index in [1.807, 2.05) is 24.3 Å². The molecule has 0 aromatic heterocycles. The van der Waals surface area contributed by atoms with Gasteiger partial charge in [-0.25, -0.2) is 4.39 Å². The molecule has 80 valence electrons. The van der Waals surface area contributed by atoms with Gasteiger partial charge in [-0.3, -0.25) is 0 Å². The highest BCUT2D eigenvalue weighted by Gasteiger charge is 2.23. The van der Waals surface area contributed by atoms with Crippen LogP contribution in [0, 0.1) is 5.82 Å². The lowest BCUT2D eigenvalue weighted by Gasteiger charge is -2.08. The molecule has 3 rings (SSSR count). The summed E-state index contributed by atoms with van der Waals surface area (Å²) in [5.74, 6) is -0.437. The third-order valence-corrected chi connectivity index (χ3v) is 3.14. The van der Waals surface area contributed by atoms with Gasteiger partial charge in [-0.1, -0.05) is 24.3 Å². The number of anilines is 2. The molecule has 2 aromatic carbocycles. The molecule has 0 saturated heterocycles. The molecule has 0 radical (unpaired) electrons. The molecule has 1 aliphatic rings. The minimum atomic E-state index is -0.437. The van der Waals surface area contributed by atoms with Crippen LogP contribution in [0.5, 0.6) is 0 Å². The number of rotatable bonds is 0. The van der Waals surface area contributed by atoms with Crippen LogP contribution >= 0.6 is 0 Å². The van der Waals surface area contributed by atoms with Crippen LogP contribution in [0.4, 0.5) is 15.8 Å². The topological polar surface area (TPSA) is 52.0 Å². The van der Waals surface area contributed by atoms with Crippen LogP contribution in [0.1, 0.15) is 11.1 Å². The van der Waals surface area contributed by atoms with E-state index in [0.29, 0.717) is 5.69 Å². The number of nitrogens with two attached hydrogens (primary N) is 2. The molecule has 4 N–H and O–H groups in total. The van der Waals surface area contributed by atoms with Crippen molar-refractivity contribution in [3.63, 3.8) is 0 Å². The SMILES string of the molecule is Nc1c(F)cc2c(c1N)Cc1ccccc1-2. The van der Waals surface area contributed by atoms with Crippen molar-refractivity contribution < 1.29 is 4.39 Å². The third-order valence-electron chi connectivity index (χ3n) is 3.14. The number of halogens is 1. The molecule has 0 spiro atoms. The Kier molecular flexibility index (Phi) is 1.72. The van der Waals surface area contributed by atoms with E-state index in [4.69, 9.17) is 11.5 Å². The molecule has 1 aliphatic carbocycles. The highest BCUT2D eigenvalue weighted by molar-refractivity contribution is 5.86. The molecular formula is C13H11FN2. The summed E-state index contributed by atoms with van der Waals surface area (Å²) in [6, 6.07) is 9.41. The van der Waals surface area contributed by atoms with Crippen molar-refractivity contribution in [3.05, 3.63) is 47.3 Å². The van der Waals surface area contributed by atoms with E-state index in [9.17, 15) is 4.39 Å². The number of fused-ring (bicyclic) bond motifs is 3. The van der Waals surface area contributed by atoms with Crippen LogP contribution in [0.3, 0.4) is 0 Å². The van der Waals surface area contributed by atoms with E-state index >= 15 is 0 Å². The average Bonchev–Trinajstić information content (AvgIpc) is 2.65. The first-order valence-corrected chi connectivity index (χ1v) is 5.13. The van der Waals surface area contributed by atoms with Gasteiger partial charge in [0.25, 0.3) is 0 Å². The van der Waals surface area contributed by atoms with Crippen LogP contribution < -0.4 is 11.5 Å². The fraction of sp³-hybridized carbons (Fsp3) is 0.0769. The lowest BCUT2D eigenvalue weighted by molar-refractivity contribution is 0.633. The van der Waals surface area contributed by atoms with Crippen LogP contribution in [0.15, 0.2) is 30.3 Å². The van der Waals surface area contributed by atoms with Gasteiger partial charge in [0.15, 0.2) is 0 Å². The molecule has 0 saturated carbocycles. The Bertz CT molecular complexity index is 591. The second-order valence-electron chi connectivity index (χ2n) is 4.05. The molecular weight excluding hydrogens is 203 g/mol. The summed E-state index contributed by atoms with van der Waals surface area (Å²) < 4.78 is 13.5. The summed E-state index contributed by atoms with van der Waals surface area (Å²) in [6.45, 7) is 0. The van der Waals surface area contributed by atoms with Crippen molar-refractivity contribution in [3.8, 4) is 11.1 Å². The summed E-state index contributed by atoms with van der Waals surface area (Å²) in [5, 5.41) is 0. The molecule has 2 aromatic rings. The van der Waals surface area contributed by atoms with E-state index < -0.39 is 5.82 Å². The van der Waals surface area contributed by atoms with E-state index in [1.54, 1.807) is 0 Å². The molecule has 0 amide bonds. The fourth-order valence-corrected chi connectivity index (χ4v) is 2.29. The monoisotopic (exact) mass is 214 g/mol. The maximum absolute atomic E-state index is 13.5. The van der Waals surface area contributed by atoms with E-state index in [0.717, 1.165) is 23.1 Å². The van der Waals surface area contributed by atoms with Gasteiger partial charge in [-0.05, 0) is 28.3 Å². The summed E-state index contributed by atoms with van der Waals surface area (Å²) >= 11 is 0.